The highest BCUT2D eigenvalue weighted by molar-refractivity contribution is 7.10. The average molecular weight is 225 g/mol. The lowest BCUT2D eigenvalue weighted by Gasteiger charge is -2.11. The molecular weight excluding hydrogens is 202 g/mol. The Kier molecular flexibility index (Phi) is 5.96. The second kappa shape index (κ2) is 7.02. The molecule has 1 atom stereocenters. The Bertz CT molecular complexity index is 267. The number of rotatable bonds is 7. The van der Waals surface area contributed by atoms with Crippen LogP contribution in [-0.4, -0.2) is 0 Å². The summed E-state index contributed by atoms with van der Waals surface area (Å²) in [5.74, 6) is 0. The molecule has 0 saturated carbocycles. The predicted molar refractivity (Wildman–Crippen MR) is 69.4 cm³/mol. The molecule has 2 heteroatoms. The Morgan fingerprint density at radius 3 is 2.60 bits per heavy atom. The van der Waals surface area contributed by atoms with E-state index in [0.29, 0.717) is 0 Å². The molecule has 0 bridgehead atoms. The fourth-order valence-electron chi connectivity index (χ4n) is 1.90. The zero-order valence-corrected chi connectivity index (χ0v) is 10.8. The normalized spacial score (nSPS) is 13.0. The molecule has 0 amide bonds. The molecule has 1 heterocycles. The Hall–Kier alpha value is -0.340. The van der Waals surface area contributed by atoms with Crippen LogP contribution in [0.2, 0.25) is 0 Å². The Morgan fingerprint density at radius 2 is 2.00 bits per heavy atom. The molecule has 0 radical (unpaired) electrons. The van der Waals surface area contributed by atoms with Crippen LogP contribution in [0.15, 0.2) is 11.4 Å². The van der Waals surface area contributed by atoms with Crippen LogP contribution in [0.5, 0.6) is 0 Å². The first-order valence-corrected chi connectivity index (χ1v) is 6.93. The first-order chi connectivity index (χ1) is 7.25. The molecule has 1 aromatic heterocycles. The minimum atomic E-state index is 0.262. The van der Waals surface area contributed by atoms with E-state index < -0.39 is 0 Å². The van der Waals surface area contributed by atoms with Gasteiger partial charge in [0.2, 0.25) is 0 Å². The largest absolute Gasteiger partial charge is 0.324 e. The maximum absolute atomic E-state index is 6.16. The molecule has 1 aromatic rings. The minimum absolute atomic E-state index is 0.262. The number of thiophene rings is 1. The summed E-state index contributed by atoms with van der Waals surface area (Å²) in [7, 11) is 0. The van der Waals surface area contributed by atoms with Crippen LogP contribution < -0.4 is 5.73 Å². The van der Waals surface area contributed by atoms with Crippen molar-refractivity contribution < 1.29 is 0 Å². The summed E-state index contributed by atoms with van der Waals surface area (Å²) in [6.45, 7) is 4.41. The van der Waals surface area contributed by atoms with Crippen molar-refractivity contribution in [1.82, 2.24) is 0 Å². The standard InChI is InChI=1S/C13H23NS/c1-3-4-5-6-7-8-13(14)12-9-10-15-11(12)2/h9-10,13H,3-8,14H2,1-2H3. The fraction of sp³-hybridized carbons (Fsp3) is 0.692. The molecular formula is C13H23NS. The van der Waals surface area contributed by atoms with Crippen LogP contribution in [0.1, 0.15) is 61.9 Å². The van der Waals surface area contributed by atoms with Crippen LogP contribution in [-0.2, 0) is 0 Å². The third kappa shape index (κ3) is 4.35. The van der Waals surface area contributed by atoms with E-state index in [0.717, 1.165) is 6.42 Å². The lowest BCUT2D eigenvalue weighted by molar-refractivity contribution is 0.555. The zero-order valence-electron chi connectivity index (χ0n) is 9.96. The van der Waals surface area contributed by atoms with Gasteiger partial charge in [0.25, 0.3) is 0 Å². The summed E-state index contributed by atoms with van der Waals surface area (Å²) in [6.07, 6.45) is 7.80. The fourth-order valence-corrected chi connectivity index (χ4v) is 2.68. The molecule has 0 aliphatic rings. The van der Waals surface area contributed by atoms with Gasteiger partial charge in [-0.3, -0.25) is 0 Å². The van der Waals surface area contributed by atoms with Gasteiger partial charge >= 0.3 is 0 Å². The molecule has 2 N–H and O–H groups in total. The molecule has 1 unspecified atom stereocenters. The van der Waals surface area contributed by atoms with Crippen molar-refractivity contribution >= 4 is 11.3 Å². The van der Waals surface area contributed by atoms with Crippen molar-refractivity contribution in [3.63, 3.8) is 0 Å². The SMILES string of the molecule is CCCCCCCC(N)c1ccsc1C. The Labute approximate surface area is 97.7 Å². The number of unbranched alkanes of at least 4 members (excludes halogenated alkanes) is 4. The van der Waals surface area contributed by atoms with Crippen molar-refractivity contribution in [3.8, 4) is 0 Å². The molecule has 15 heavy (non-hydrogen) atoms. The summed E-state index contributed by atoms with van der Waals surface area (Å²) in [5.41, 5.74) is 7.52. The van der Waals surface area contributed by atoms with Gasteiger partial charge in [-0.15, -0.1) is 11.3 Å². The summed E-state index contributed by atoms with van der Waals surface area (Å²) in [5, 5.41) is 2.14. The zero-order chi connectivity index (χ0) is 11.1. The molecule has 1 rings (SSSR count). The van der Waals surface area contributed by atoms with Crippen molar-refractivity contribution in [3.05, 3.63) is 21.9 Å². The van der Waals surface area contributed by atoms with Crippen molar-refractivity contribution in [2.24, 2.45) is 5.73 Å². The third-order valence-electron chi connectivity index (χ3n) is 2.92. The maximum Gasteiger partial charge on any atom is 0.0305 e. The maximum atomic E-state index is 6.16. The first-order valence-electron chi connectivity index (χ1n) is 6.05. The third-order valence-corrected chi connectivity index (χ3v) is 3.78. The summed E-state index contributed by atoms with van der Waals surface area (Å²) >= 11 is 1.80. The van der Waals surface area contributed by atoms with E-state index in [1.807, 2.05) is 0 Å². The van der Waals surface area contributed by atoms with Crippen molar-refractivity contribution in [1.29, 1.82) is 0 Å². The summed E-state index contributed by atoms with van der Waals surface area (Å²) < 4.78 is 0. The van der Waals surface area contributed by atoms with E-state index in [2.05, 4.69) is 25.3 Å². The number of hydrogen-bond donors (Lipinski definition) is 1. The number of nitrogens with two attached hydrogens (primary N) is 1. The second-order valence-electron chi connectivity index (χ2n) is 4.24. The number of hydrogen-bond acceptors (Lipinski definition) is 2. The summed E-state index contributed by atoms with van der Waals surface area (Å²) in [6, 6.07) is 2.44. The van der Waals surface area contributed by atoms with E-state index in [1.165, 1.54) is 42.5 Å². The molecule has 0 aromatic carbocycles. The van der Waals surface area contributed by atoms with Gasteiger partial charge in [-0.05, 0) is 30.4 Å². The first kappa shape index (κ1) is 12.7. The van der Waals surface area contributed by atoms with Crippen molar-refractivity contribution in [2.75, 3.05) is 0 Å². The van der Waals surface area contributed by atoms with Crippen LogP contribution in [0.25, 0.3) is 0 Å². The van der Waals surface area contributed by atoms with Gasteiger partial charge in [0.05, 0.1) is 0 Å². The molecule has 0 aliphatic carbocycles. The van der Waals surface area contributed by atoms with Gasteiger partial charge in [-0.2, -0.15) is 0 Å². The minimum Gasteiger partial charge on any atom is -0.324 e. The van der Waals surface area contributed by atoms with E-state index in [-0.39, 0.29) is 6.04 Å². The highest BCUT2D eigenvalue weighted by Crippen LogP contribution is 2.24. The van der Waals surface area contributed by atoms with Crippen LogP contribution in [0.4, 0.5) is 0 Å². The summed E-state index contributed by atoms with van der Waals surface area (Å²) in [4.78, 5) is 1.39. The van der Waals surface area contributed by atoms with Crippen LogP contribution >= 0.6 is 11.3 Å². The van der Waals surface area contributed by atoms with Gasteiger partial charge in [-0.25, -0.2) is 0 Å². The molecule has 1 nitrogen and oxygen atoms in total. The van der Waals surface area contributed by atoms with Gasteiger partial charge in [-0.1, -0.05) is 39.0 Å². The highest BCUT2D eigenvalue weighted by atomic mass is 32.1. The van der Waals surface area contributed by atoms with Crippen molar-refractivity contribution in [2.45, 2.75) is 58.4 Å². The Morgan fingerprint density at radius 1 is 1.27 bits per heavy atom. The van der Waals surface area contributed by atoms with E-state index in [4.69, 9.17) is 5.73 Å². The van der Waals surface area contributed by atoms with Gasteiger partial charge in [0.1, 0.15) is 0 Å². The van der Waals surface area contributed by atoms with Crippen LogP contribution in [0, 0.1) is 6.92 Å². The smallest absolute Gasteiger partial charge is 0.0305 e. The molecule has 0 spiro atoms. The molecule has 0 aliphatic heterocycles. The van der Waals surface area contributed by atoms with Gasteiger partial charge in [0, 0.05) is 10.9 Å². The van der Waals surface area contributed by atoms with E-state index >= 15 is 0 Å². The molecule has 0 fully saturated rings. The molecule has 0 saturated heterocycles. The average Bonchev–Trinajstić information content (AvgIpc) is 2.64. The van der Waals surface area contributed by atoms with Crippen LogP contribution in [0.3, 0.4) is 0 Å². The van der Waals surface area contributed by atoms with Gasteiger partial charge in [0.15, 0.2) is 0 Å². The van der Waals surface area contributed by atoms with E-state index in [1.54, 1.807) is 11.3 Å². The highest BCUT2D eigenvalue weighted by Gasteiger charge is 2.08. The quantitative estimate of drug-likeness (QED) is 0.683. The topological polar surface area (TPSA) is 26.0 Å². The predicted octanol–water partition coefficient (Wildman–Crippen LogP) is 4.42. The lowest BCUT2D eigenvalue weighted by atomic mass is 10.0. The van der Waals surface area contributed by atoms with Gasteiger partial charge < -0.3 is 5.73 Å². The molecule has 86 valence electrons. The lowest BCUT2D eigenvalue weighted by Crippen LogP contribution is -2.10. The number of aryl methyl sites for hydroxylation is 1. The Balaban J connectivity index is 2.19. The monoisotopic (exact) mass is 225 g/mol. The second-order valence-corrected chi connectivity index (χ2v) is 5.36. The van der Waals surface area contributed by atoms with E-state index in [9.17, 15) is 0 Å².